The molecule has 2 rings (SSSR count). The van der Waals surface area contributed by atoms with Gasteiger partial charge in [-0.15, -0.1) is 0 Å². The summed E-state index contributed by atoms with van der Waals surface area (Å²) in [5.74, 6) is -0.888. The third-order valence-corrected chi connectivity index (χ3v) is 6.73. The monoisotopic (exact) mass is 395 g/mol. The van der Waals surface area contributed by atoms with Crippen molar-refractivity contribution in [2.45, 2.75) is 24.7 Å². The number of benzene rings is 1. The SMILES string of the molecule is CC1(C(=O)O)CCN(S(=O)(=O)c2ccc(Br)cc2Cl)CC1. The molecule has 116 valence electrons. The fourth-order valence-electron chi connectivity index (χ4n) is 2.26. The number of halogens is 2. The van der Waals surface area contributed by atoms with E-state index >= 15 is 0 Å². The Hall–Kier alpha value is -0.630. The second-order valence-corrected chi connectivity index (χ2v) is 8.57. The summed E-state index contributed by atoms with van der Waals surface area (Å²) in [5, 5.41) is 9.33. The first kappa shape index (κ1) is 16.7. The molecule has 1 aliphatic rings. The number of carboxylic acid groups (broad SMARTS) is 1. The van der Waals surface area contributed by atoms with Gasteiger partial charge in [0.15, 0.2) is 0 Å². The molecular weight excluding hydrogens is 382 g/mol. The molecule has 0 aliphatic carbocycles. The van der Waals surface area contributed by atoms with Crippen molar-refractivity contribution in [1.29, 1.82) is 0 Å². The highest BCUT2D eigenvalue weighted by atomic mass is 79.9. The molecule has 5 nitrogen and oxygen atoms in total. The van der Waals surface area contributed by atoms with Crippen LogP contribution in [0.4, 0.5) is 0 Å². The summed E-state index contributed by atoms with van der Waals surface area (Å²) >= 11 is 9.24. The lowest BCUT2D eigenvalue weighted by Crippen LogP contribution is -2.45. The van der Waals surface area contributed by atoms with E-state index in [1.165, 1.54) is 16.4 Å². The maximum atomic E-state index is 12.6. The molecule has 0 spiro atoms. The van der Waals surface area contributed by atoms with E-state index in [9.17, 15) is 18.3 Å². The van der Waals surface area contributed by atoms with Crippen molar-refractivity contribution in [3.05, 3.63) is 27.7 Å². The number of carboxylic acids is 1. The van der Waals surface area contributed by atoms with Gasteiger partial charge in [-0.3, -0.25) is 4.79 Å². The lowest BCUT2D eigenvalue weighted by Gasteiger charge is -2.35. The normalized spacial score (nSPS) is 19.4. The van der Waals surface area contributed by atoms with Gasteiger partial charge in [0.05, 0.1) is 10.4 Å². The second-order valence-electron chi connectivity index (χ2n) is 5.34. The Morgan fingerprint density at radius 1 is 1.38 bits per heavy atom. The molecule has 0 bridgehead atoms. The van der Waals surface area contributed by atoms with Gasteiger partial charge in [0.25, 0.3) is 0 Å². The first-order valence-electron chi connectivity index (χ1n) is 6.35. The summed E-state index contributed by atoms with van der Waals surface area (Å²) in [6.45, 7) is 2.00. The minimum Gasteiger partial charge on any atom is -0.481 e. The maximum Gasteiger partial charge on any atom is 0.309 e. The van der Waals surface area contributed by atoms with Gasteiger partial charge in [-0.05, 0) is 38.0 Å². The van der Waals surface area contributed by atoms with Crippen molar-refractivity contribution in [2.75, 3.05) is 13.1 Å². The number of carbonyl (C=O) groups is 1. The molecule has 0 saturated carbocycles. The summed E-state index contributed by atoms with van der Waals surface area (Å²) in [4.78, 5) is 11.2. The molecule has 0 radical (unpaired) electrons. The van der Waals surface area contributed by atoms with Crippen LogP contribution in [0.2, 0.25) is 5.02 Å². The van der Waals surface area contributed by atoms with Crippen molar-refractivity contribution in [2.24, 2.45) is 5.41 Å². The maximum absolute atomic E-state index is 12.6. The van der Waals surface area contributed by atoms with Gasteiger partial charge in [0.1, 0.15) is 4.90 Å². The summed E-state index contributed by atoms with van der Waals surface area (Å²) in [7, 11) is -3.70. The van der Waals surface area contributed by atoms with Crippen molar-refractivity contribution in [3.63, 3.8) is 0 Å². The van der Waals surface area contributed by atoms with Crippen molar-refractivity contribution in [1.82, 2.24) is 4.31 Å². The molecule has 0 amide bonds. The summed E-state index contributed by atoms with van der Waals surface area (Å²) in [6, 6.07) is 4.59. The number of rotatable bonds is 3. The Labute approximate surface area is 137 Å². The smallest absolute Gasteiger partial charge is 0.309 e. The van der Waals surface area contributed by atoms with E-state index in [2.05, 4.69) is 15.9 Å². The molecule has 8 heteroatoms. The van der Waals surface area contributed by atoms with Gasteiger partial charge in [0, 0.05) is 17.6 Å². The van der Waals surface area contributed by atoms with Gasteiger partial charge in [0.2, 0.25) is 10.0 Å². The van der Waals surface area contributed by atoms with Crippen LogP contribution in [0.1, 0.15) is 19.8 Å². The van der Waals surface area contributed by atoms with Crippen LogP contribution in [0.25, 0.3) is 0 Å². The Kier molecular flexibility index (Phi) is 4.68. The van der Waals surface area contributed by atoms with Gasteiger partial charge in [-0.2, -0.15) is 4.31 Å². The number of nitrogens with zero attached hydrogens (tertiary/aromatic N) is 1. The van der Waals surface area contributed by atoms with Crippen LogP contribution >= 0.6 is 27.5 Å². The number of hydrogen-bond donors (Lipinski definition) is 1. The standard InChI is InChI=1S/C13H15BrClNO4S/c1-13(12(17)18)4-6-16(7-5-13)21(19,20)11-3-2-9(14)8-10(11)15/h2-3,8H,4-7H2,1H3,(H,17,18). The van der Waals surface area contributed by atoms with E-state index in [0.29, 0.717) is 4.47 Å². The first-order chi connectivity index (χ1) is 9.67. The predicted molar refractivity (Wildman–Crippen MR) is 82.9 cm³/mol. The Morgan fingerprint density at radius 3 is 2.43 bits per heavy atom. The van der Waals surface area contributed by atoms with Crippen molar-refractivity contribution in [3.8, 4) is 0 Å². The van der Waals surface area contributed by atoms with Gasteiger partial charge >= 0.3 is 5.97 Å². The average Bonchev–Trinajstić information content (AvgIpc) is 2.38. The van der Waals surface area contributed by atoms with Crippen LogP contribution in [0, 0.1) is 5.41 Å². The molecule has 1 N–H and O–H groups in total. The van der Waals surface area contributed by atoms with E-state index < -0.39 is 21.4 Å². The Bertz CT molecular complexity index is 669. The van der Waals surface area contributed by atoms with Crippen LogP contribution < -0.4 is 0 Å². The third kappa shape index (κ3) is 3.26. The lowest BCUT2D eigenvalue weighted by molar-refractivity contribution is -0.150. The molecule has 1 saturated heterocycles. The summed E-state index contributed by atoms with van der Waals surface area (Å²) in [5.41, 5.74) is -0.866. The number of hydrogen-bond acceptors (Lipinski definition) is 3. The number of aliphatic carboxylic acids is 1. The molecule has 1 heterocycles. The zero-order chi connectivity index (χ0) is 15.8. The van der Waals surface area contributed by atoms with E-state index in [4.69, 9.17) is 11.6 Å². The van der Waals surface area contributed by atoms with Crippen LogP contribution in [-0.2, 0) is 14.8 Å². The largest absolute Gasteiger partial charge is 0.481 e. The van der Waals surface area contributed by atoms with Crippen LogP contribution in [-0.4, -0.2) is 36.9 Å². The average molecular weight is 397 g/mol. The minimum atomic E-state index is -3.70. The molecule has 0 atom stereocenters. The molecule has 1 fully saturated rings. The quantitative estimate of drug-likeness (QED) is 0.852. The van der Waals surface area contributed by atoms with Crippen LogP contribution in [0.3, 0.4) is 0 Å². The van der Waals surface area contributed by atoms with Gasteiger partial charge < -0.3 is 5.11 Å². The summed E-state index contributed by atoms with van der Waals surface area (Å²) in [6.07, 6.45) is 0.575. The molecule has 1 aromatic rings. The van der Waals surface area contributed by atoms with E-state index in [0.717, 1.165) is 0 Å². The fraction of sp³-hybridized carbons (Fsp3) is 0.462. The Balaban J connectivity index is 2.25. The highest BCUT2D eigenvalue weighted by molar-refractivity contribution is 9.10. The van der Waals surface area contributed by atoms with Gasteiger partial charge in [-0.1, -0.05) is 27.5 Å². The van der Waals surface area contributed by atoms with E-state index in [-0.39, 0.29) is 35.8 Å². The number of piperidine rings is 1. The highest BCUT2D eigenvalue weighted by Gasteiger charge is 2.40. The van der Waals surface area contributed by atoms with Crippen LogP contribution in [0.5, 0.6) is 0 Å². The zero-order valence-electron chi connectivity index (χ0n) is 11.3. The van der Waals surface area contributed by atoms with Crippen LogP contribution in [0.15, 0.2) is 27.6 Å². The highest BCUT2D eigenvalue weighted by Crippen LogP contribution is 2.35. The predicted octanol–water partition coefficient (Wildman–Crippen LogP) is 2.98. The molecule has 0 aromatic heterocycles. The Morgan fingerprint density at radius 2 is 1.95 bits per heavy atom. The molecule has 21 heavy (non-hydrogen) atoms. The molecule has 1 aliphatic heterocycles. The molecule has 0 unspecified atom stereocenters. The molecular formula is C13H15BrClNO4S. The van der Waals surface area contributed by atoms with Crippen molar-refractivity contribution >= 4 is 43.5 Å². The topological polar surface area (TPSA) is 74.7 Å². The number of sulfonamides is 1. The van der Waals surface area contributed by atoms with E-state index in [1.807, 2.05) is 0 Å². The third-order valence-electron chi connectivity index (χ3n) is 3.85. The lowest BCUT2D eigenvalue weighted by atomic mass is 9.81. The summed E-state index contributed by atoms with van der Waals surface area (Å²) < 4.78 is 27.2. The molecule has 1 aromatic carbocycles. The first-order valence-corrected chi connectivity index (χ1v) is 8.96. The minimum absolute atomic E-state index is 0.0475. The zero-order valence-corrected chi connectivity index (χ0v) is 14.5. The van der Waals surface area contributed by atoms with Gasteiger partial charge in [-0.25, -0.2) is 8.42 Å². The van der Waals surface area contributed by atoms with Crippen molar-refractivity contribution < 1.29 is 18.3 Å². The fourth-order valence-corrected chi connectivity index (χ4v) is 4.71. The second kappa shape index (κ2) is 5.87. The van der Waals surface area contributed by atoms with E-state index in [1.54, 1.807) is 13.0 Å².